The second kappa shape index (κ2) is 15.7. The normalized spacial score (nSPS) is 9.79. The number of esters is 1. The third-order valence-electron chi connectivity index (χ3n) is 5.39. The molecule has 14 heteroatoms. The van der Waals surface area contributed by atoms with Gasteiger partial charge in [0.05, 0.1) is 19.0 Å². The maximum Gasteiger partial charge on any atom is 1.00 e. The average Bonchev–Trinajstić information content (AvgIpc) is 3.59. The molecule has 6 heterocycles. The zero-order valence-electron chi connectivity index (χ0n) is 22.6. The summed E-state index contributed by atoms with van der Waals surface area (Å²) in [6.07, 6.45) is 9.39. The number of carboxylic acids is 1. The first kappa shape index (κ1) is 34.0. The molecule has 6 rings (SSSR count). The second-order valence-corrected chi connectivity index (χ2v) is 8.03. The van der Waals surface area contributed by atoms with Crippen LogP contribution >= 0.6 is 0 Å². The molecule has 2 N–H and O–H groups in total. The molecular weight excluding hydrogens is 551 g/mol. The van der Waals surface area contributed by atoms with Gasteiger partial charge < -0.3 is 24.8 Å². The SMILES string of the molecule is C.CCOC(=O)c1cnc2cc(Oc3ccccn3)ccn12.O=C(O)c1cnc2cc(Oc3ccccn3)ccn12.[Li+].[OH-]. The Labute approximate surface area is 258 Å². The van der Waals surface area contributed by atoms with E-state index >= 15 is 0 Å². The summed E-state index contributed by atoms with van der Waals surface area (Å²) in [7, 11) is 0. The summed E-state index contributed by atoms with van der Waals surface area (Å²) in [6, 6.07) is 17.6. The van der Waals surface area contributed by atoms with Gasteiger partial charge in [-0.1, -0.05) is 19.6 Å². The molecule has 0 aliphatic carbocycles. The minimum Gasteiger partial charge on any atom is -0.870 e. The number of fused-ring (bicyclic) bond motifs is 2. The fourth-order valence-electron chi connectivity index (χ4n) is 3.62. The van der Waals surface area contributed by atoms with E-state index in [4.69, 9.17) is 19.3 Å². The van der Waals surface area contributed by atoms with Crippen molar-refractivity contribution in [1.29, 1.82) is 0 Å². The first-order valence-corrected chi connectivity index (χ1v) is 12.0. The Morgan fingerprint density at radius 3 is 1.70 bits per heavy atom. The molecule has 0 fully saturated rings. The number of carbonyl (C=O) groups is 2. The van der Waals surface area contributed by atoms with E-state index in [1.807, 2.05) is 18.2 Å². The predicted molar refractivity (Wildman–Crippen MR) is 151 cm³/mol. The topological polar surface area (TPSA) is 172 Å². The van der Waals surface area contributed by atoms with Crippen LogP contribution in [0.5, 0.6) is 23.3 Å². The smallest absolute Gasteiger partial charge is 0.870 e. The summed E-state index contributed by atoms with van der Waals surface area (Å²) in [6.45, 7) is 2.09. The molecule has 0 aliphatic heterocycles. The van der Waals surface area contributed by atoms with Crippen molar-refractivity contribution in [2.24, 2.45) is 0 Å². The quantitative estimate of drug-likeness (QED) is 0.218. The van der Waals surface area contributed by atoms with Gasteiger partial charge in [0.15, 0.2) is 11.4 Å². The number of hydrogen-bond donors (Lipinski definition) is 1. The van der Waals surface area contributed by atoms with Crippen molar-refractivity contribution in [3.63, 3.8) is 0 Å². The third kappa shape index (κ3) is 8.17. The number of imidazole rings is 2. The minimum atomic E-state index is -1.02. The van der Waals surface area contributed by atoms with Gasteiger partial charge in [0, 0.05) is 49.1 Å². The Morgan fingerprint density at radius 1 is 0.767 bits per heavy atom. The molecule has 6 aromatic rings. The number of rotatable bonds is 7. The molecule has 216 valence electrons. The monoisotopic (exact) mass is 578 g/mol. The number of nitrogens with zero attached hydrogens (tertiary/aromatic N) is 6. The van der Waals surface area contributed by atoms with Gasteiger partial charge in [-0.25, -0.2) is 29.5 Å². The number of pyridine rings is 4. The van der Waals surface area contributed by atoms with Crippen LogP contribution in [0, 0.1) is 0 Å². The van der Waals surface area contributed by atoms with E-state index in [2.05, 4.69) is 19.9 Å². The largest absolute Gasteiger partial charge is 1.00 e. The Balaban J connectivity index is 0.000000282. The average molecular weight is 579 g/mol. The summed E-state index contributed by atoms with van der Waals surface area (Å²) in [5, 5.41) is 8.97. The van der Waals surface area contributed by atoms with Gasteiger partial charge in [-0.2, -0.15) is 0 Å². The Kier molecular flexibility index (Phi) is 12.4. The minimum absolute atomic E-state index is 0. The zero-order chi connectivity index (χ0) is 27.9. The number of carboxylic acid groups (broad SMARTS) is 1. The van der Waals surface area contributed by atoms with Crippen LogP contribution in [-0.2, 0) is 4.74 Å². The van der Waals surface area contributed by atoms with Crippen LogP contribution in [0.2, 0.25) is 0 Å². The third-order valence-corrected chi connectivity index (χ3v) is 5.39. The maximum absolute atomic E-state index is 11.8. The van der Waals surface area contributed by atoms with Gasteiger partial charge in [0.25, 0.3) is 0 Å². The summed E-state index contributed by atoms with van der Waals surface area (Å²) in [5.74, 6) is 0.695. The molecule has 0 unspecified atom stereocenters. The van der Waals surface area contributed by atoms with Crippen molar-refractivity contribution in [3.05, 3.63) is 109 Å². The van der Waals surface area contributed by atoms with E-state index in [-0.39, 0.29) is 37.5 Å². The molecule has 0 saturated heterocycles. The van der Waals surface area contributed by atoms with Gasteiger partial charge in [0.2, 0.25) is 11.8 Å². The predicted octanol–water partition coefficient (Wildman–Crippen LogP) is 2.38. The van der Waals surface area contributed by atoms with E-state index in [9.17, 15) is 9.59 Å². The standard InChI is InChI=1S/C15H13N3O3.C13H9N3O3.CH4.Li.H2O/c1-2-20-15(19)12-10-17-13-9-11(6-8-18(12)13)21-14-5-3-4-7-16-14;17-13(18)10-8-15-11-7-9(4-6-16(10)11)19-12-3-1-2-5-14-12;;;/h3-10H,2H2,1H3;1-8H,(H,17,18);1H4;;1H2/q;;;+1;/p-1. The van der Waals surface area contributed by atoms with E-state index in [1.54, 1.807) is 78.6 Å². The number of ether oxygens (including phenoxy) is 3. The zero-order valence-corrected chi connectivity index (χ0v) is 22.6. The van der Waals surface area contributed by atoms with Crippen molar-refractivity contribution in [2.75, 3.05) is 6.61 Å². The van der Waals surface area contributed by atoms with Crippen LogP contribution in [0.1, 0.15) is 35.3 Å². The van der Waals surface area contributed by atoms with Gasteiger partial charge in [0.1, 0.15) is 22.8 Å². The molecule has 0 atom stereocenters. The molecule has 13 nitrogen and oxygen atoms in total. The van der Waals surface area contributed by atoms with Crippen LogP contribution in [0.25, 0.3) is 11.3 Å². The van der Waals surface area contributed by atoms with Crippen LogP contribution < -0.4 is 28.3 Å². The molecule has 0 aromatic carbocycles. The number of aromatic carboxylic acids is 1. The molecule has 0 amide bonds. The van der Waals surface area contributed by atoms with Crippen molar-refractivity contribution in [1.82, 2.24) is 28.7 Å². The van der Waals surface area contributed by atoms with E-state index in [1.165, 1.54) is 16.8 Å². The molecule has 0 spiro atoms. The first-order valence-electron chi connectivity index (χ1n) is 12.0. The van der Waals surface area contributed by atoms with Crippen LogP contribution in [-0.4, -0.2) is 57.9 Å². The number of aromatic nitrogens is 6. The van der Waals surface area contributed by atoms with Crippen molar-refractivity contribution < 1.29 is 53.2 Å². The molecular formula is C29H27LiN6O7. The van der Waals surface area contributed by atoms with Crippen LogP contribution in [0.15, 0.2) is 97.8 Å². The van der Waals surface area contributed by atoms with Crippen LogP contribution in [0.3, 0.4) is 0 Å². The Hall–Kier alpha value is -5.22. The fourth-order valence-corrected chi connectivity index (χ4v) is 3.62. The molecule has 0 aliphatic rings. The molecule has 0 bridgehead atoms. The molecule has 0 radical (unpaired) electrons. The Bertz CT molecular complexity index is 1780. The van der Waals surface area contributed by atoms with Crippen molar-refractivity contribution in [3.8, 4) is 23.3 Å². The van der Waals surface area contributed by atoms with E-state index in [0.29, 0.717) is 46.9 Å². The second-order valence-electron chi connectivity index (χ2n) is 8.03. The molecule has 0 saturated carbocycles. The van der Waals surface area contributed by atoms with Gasteiger partial charge >= 0.3 is 30.8 Å². The number of hydrogen-bond acceptors (Lipinski definition) is 10. The van der Waals surface area contributed by atoms with Gasteiger partial charge in [-0.3, -0.25) is 8.80 Å². The summed E-state index contributed by atoms with van der Waals surface area (Å²) >= 11 is 0. The maximum atomic E-state index is 11.8. The Morgan fingerprint density at radius 2 is 1.26 bits per heavy atom. The van der Waals surface area contributed by atoms with E-state index < -0.39 is 11.9 Å². The summed E-state index contributed by atoms with van der Waals surface area (Å²) in [4.78, 5) is 39.1. The van der Waals surface area contributed by atoms with Crippen LogP contribution in [0.4, 0.5) is 0 Å². The summed E-state index contributed by atoms with van der Waals surface area (Å²) < 4.78 is 19.3. The van der Waals surface area contributed by atoms with E-state index in [0.717, 1.165) is 0 Å². The molecule has 6 aromatic heterocycles. The fraction of sp³-hybridized carbons (Fsp3) is 0.103. The van der Waals surface area contributed by atoms with Gasteiger partial charge in [-0.05, 0) is 31.2 Å². The molecule has 43 heavy (non-hydrogen) atoms. The summed E-state index contributed by atoms with van der Waals surface area (Å²) in [5.41, 5.74) is 1.60. The van der Waals surface area contributed by atoms with Crippen molar-refractivity contribution >= 4 is 23.2 Å². The number of carbonyl (C=O) groups excluding carboxylic acids is 1. The van der Waals surface area contributed by atoms with Crippen molar-refractivity contribution in [2.45, 2.75) is 14.4 Å². The first-order chi connectivity index (χ1) is 19.5. The van der Waals surface area contributed by atoms with Gasteiger partial charge in [-0.15, -0.1) is 0 Å².